The average molecular weight is 648 g/mol. The molecule has 0 aromatic heterocycles. The van der Waals surface area contributed by atoms with Gasteiger partial charge in [0.2, 0.25) is 11.8 Å². The highest BCUT2D eigenvalue weighted by atomic mass is 79.9. The number of unbranched alkanes of at least 4 members (excludes halogenated alkanes) is 5. The minimum atomic E-state index is -0.694. The number of allylic oxidation sites excluding steroid dienone is 1. The van der Waals surface area contributed by atoms with Gasteiger partial charge in [0.05, 0.1) is 23.2 Å². The predicted octanol–water partition coefficient (Wildman–Crippen LogP) is 5.12. The maximum Gasteiger partial charge on any atom is 0.310 e. The lowest BCUT2D eigenvalue weighted by atomic mass is 9.71. The van der Waals surface area contributed by atoms with Crippen LogP contribution in [0.3, 0.4) is 0 Å². The fourth-order valence-electron chi connectivity index (χ4n) is 6.69. The molecular formula is C32H43BrN2O5S. The average Bonchev–Trinajstić information content (AvgIpc) is 3.56. The largest absolute Gasteiger partial charge is 0.465 e. The molecule has 3 aliphatic rings. The summed E-state index contributed by atoms with van der Waals surface area (Å²) in [5, 5.41) is 9.06. The quantitative estimate of drug-likeness (QED) is 0.109. The van der Waals surface area contributed by atoms with Gasteiger partial charge in [-0.1, -0.05) is 71.3 Å². The lowest BCUT2D eigenvalue weighted by Gasteiger charge is -2.38. The van der Waals surface area contributed by atoms with Gasteiger partial charge in [0, 0.05) is 36.3 Å². The number of carbonyl (C=O) groups excluding carboxylic acids is 3. The number of ether oxygens (including phenoxy) is 1. The molecule has 1 aromatic rings. The van der Waals surface area contributed by atoms with E-state index in [1.807, 2.05) is 36.4 Å². The summed E-state index contributed by atoms with van der Waals surface area (Å²) in [5.41, 5.74) is 1.01. The first-order valence-electron chi connectivity index (χ1n) is 14.8. The number of esters is 1. The maximum absolute atomic E-state index is 14.5. The SMILES string of the molecule is C=CCCCCOC(=O)[C@H]1[C@@H]2SC3(CC2Br)C(C(=O)N(CC=C)Cc2ccccc2)N(CCCCCCO)C(=O)[C@H]13. The van der Waals surface area contributed by atoms with E-state index in [-0.39, 0.29) is 34.5 Å². The van der Waals surface area contributed by atoms with Gasteiger partial charge in [-0.25, -0.2) is 0 Å². The van der Waals surface area contributed by atoms with Gasteiger partial charge in [-0.3, -0.25) is 14.4 Å². The molecule has 3 saturated heterocycles. The molecule has 1 N–H and O–H groups in total. The Kier molecular flexibility index (Phi) is 11.5. The monoisotopic (exact) mass is 646 g/mol. The predicted molar refractivity (Wildman–Crippen MR) is 167 cm³/mol. The smallest absolute Gasteiger partial charge is 0.310 e. The molecule has 3 unspecified atom stereocenters. The van der Waals surface area contributed by atoms with Gasteiger partial charge < -0.3 is 19.6 Å². The molecule has 4 rings (SSSR count). The topological polar surface area (TPSA) is 87.2 Å². The molecule has 224 valence electrons. The number of aliphatic hydroxyl groups is 1. The summed E-state index contributed by atoms with van der Waals surface area (Å²) >= 11 is 5.47. The molecule has 7 nitrogen and oxygen atoms in total. The molecule has 0 radical (unpaired) electrons. The summed E-state index contributed by atoms with van der Waals surface area (Å²) < 4.78 is 5.04. The maximum atomic E-state index is 14.5. The number of rotatable bonds is 17. The van der Waals surface area contributed by atoms with Crippen LogP contribution in [-0.4, -0.2) is 79.9 Å². The van der Waals surface area contributed by atoms with Crippen molar-refractivity contribution in [1.82, 2.24) is 9.80 Å². The van der Waals surface area contributed by atoms with Crippen molar-refractivity contribution in [2.24, 2.45) is 11.8 Å². The van der Waals surface area contributed by atoms with Crippen molar-refractivity contribution < 1.29 is 24.2 Å². The summed E-state index contributed by atoms with van der Waals surface area (Å²) in [6.07, 6.45) is 9.92. The van der Waals surface area contributed by atoms with E-state index in [4.69, 9.17) is 4.74 Å². The van der Waals surface area contributed by atoms with E-state index in [9.17, 15) is 19.5 Å². The van der Waals surface area contributed by atoms with Gasteiger partial charge in [-0.05, 0) is 44.1 Å². The van der Waals surface area contributed by atoms with E-state index in [0.717, 1.165) is 50.5 Å². The number of fused-ring (bicyclic) bond motifs is 1. The number of likely N-dealkylation sites (tertiary alicyclic amines) is 1. The zero-order valence-electron chi connectivity index (χ0n) is 23.8. The summed E-state index contributed by atoms with van der Waals surface area (Å²) in [4.78, 5) is 45.8. The summed E-state index contributed by atoms with van der Waals surface area (Å²) in [6.45, 7) is 9.34. The van der Waals surface area contributed by atoms with Crippen molar-refractivity contribution in [3.8, 4) is 0 Å². The van der Waals surface area contributed by atoms with Crippen LogP contribution in [-0.2, 0) is 25.7 Å². The molecule has 1 spiro atoms. The molecule has 2 bridgehead atoms. The number of halogens is 1. The Morgan fingerprint density at radius 2 is 1.88 bits per heavy atom. The first-order valence-corrected chi connectivity index (χ1v) is 16.6. The Morgan fingerprint density at radius 3 is 2.59 bits per heavy atom. The van der Waals surface area contributed by atoms with E-state index in [0.29, 0.717) is 32.7 Å². The van der Waals surface area contributed by atoms with E-state index in [1.54, 1.807) is 27.6 Å². The van der Waals surface area contributed by atoms with Crippen LogP contribution in [0.1, 0.15) is 56.9 Å². The number of benzene rings is 1. The standard InChI is InChI=1S/C32H43BrN2O5S/c1-3-5-6-14-20-40-31(39)25-26-29(37)35(18-12-7-8-13-19-36)28(32(26)21-24(33)27(25)41-32)30(38)34(17-4-2)22-23-15-10-9-11-16-23/h3-4,9-11,15-16,24-28,36H,1-2,5-8,12-14,17-22H2/t24?,25-,26+,27-,28?,32?/m1/s1. The van der Waals surface area contributed by atoms with Gasteiger partial charge >= 0.3 is 5.97 Å². The highest BCUT2D eigenvalue weighted by Gasteiger charge is 2.76. The zero-order valence-corrected chi connectivity index (χ0v) is 26.2. The van der Waals surface area contributed by atoms with E-state index < -0.39 is 22.6 Å². The van der Waals surface area contributed by atoms with Crippen LogP contribution in [0.5, 0.6) is 0 Å². The molecule has 3 heterocycles. The summed E-state index contributed by atoms with van der Waals surface area (Å²) in [6, 6.07) is 9.18. The molecule has 41 heavy (non-hydrogen) atoms. The molecule has 0 saturated carbocycles. The second-order valence-electron chi connectivity index (χ2n) is 11.3. The molecule has 1 aromatic carbocycles. The fourth-order valence-corrected chi connectivity index (χ4v) is 10.3. The first kappa shape index (κ1) is 31.8. The Hall–Kier alpha value is -2.10. The third kappa shape index (κ3) is 6.78. The number of aliphatic hydroxyl groups excluding tert-OH is 1. The van der Waals surface area contributed by atoms with Crippen LogP contribution in [0.2, 0.25) is 0 Å². The van der Waals surface area contributed by atoms with Crippen LogP contribution in [0.15, 0.2) is 55.6 Å². The minimum Gasteiger partial charge on any atom is -0.465 e. The molecule has 2 amide bonds. The van der Waals surface area contributed by atoms with Gasteiger partial charge in [-0.15, -0.1) is 24.9 Å². The lowest BCUT2D eigenvalue weighted by molar-refractivity contribution is -0.154. The van der Waals surface area contributed by atoms with Crippen molar-refractivity contribution in [3.05, 3.63) is 61.2 Å². The van der Waals surface area contributed by atoms with Crippen molar-refractivity contribution in [2.45, 2.75) is 78.8 Å². The van der Waals surface area contributed by atoms with Gasteiger partial charge in [0.1, 0.15) is 6.04 Å². The third-order valence-electron chi connectivity index (χ3n) is 8.53. The van der Waals surface area contributed by atoms with Gasteiger partial charge in [0.25, 0.3) is 0 Å². The second kappa shape index (κ2) is 14.9. The number of carbonyl (C=O) groups is 3. The van der Waals surface area contributed by atoms with E-state index in [2.05, 4.69) is 29.1 Å². The molecule has 9 heteroatoms. The van der Waals surface area contributed by atoms with Crippen molar-refractivity contribution in [1.29, 1.82) is 0 Å². The number of alkyl halides is 1. The molecule has 6 atom stereocenters. The first-order chi connectivity index (χ1) is 19.9. The van der Waals surface area contributed by atoms with Crippen molar-refractivity contribution >= 4 is 45.5 Å². The number of amides is 2. The number of nitrogens with zero attached hydrogens (tertiary/aromatic N) is 2. The van der Waals surface area contributed by atoms with Crippen molar-refractivity contribution in [2.75, 3.05) is 26.3 Å². The minimum absolute atomic E-state index is 0.0108. The third-order valence-corrected chi connectivity index (χ3v) is 11.7. The lowest BCUT2D eigenvalue weighted by Crippen LogP contribution is -2.55. The van der Waals surface area contributed by atoms with Crippen LogP contribution < -0.4 is 0 Å². The van der Waals surface area contributed by atoms with Crippen molar-refractivity contribution in [3.63, 3.8) is 0 Å². The Bertz CT molecular complexity index is 1090. The highest BCUT2D eigenvalue weighted by Crippen LogP contribution is 2.68. The molecule has 3 fully saturated rings. The fraction of sp³-hybridized carbons (Fsp3) is 0.594. The molecular weight excluding hydrogens is 604 g/mol. The molecule has 3 aliphatic heterocycles. The number of hydrogen-bond donors (Lipinski definition) is 1. The van der Waals surface area contributed by atoms with Crippen LogP contribution in [0, 0.1) is 11.8 Å². The Labute approximate surface area is 256 Å². The van der Waals surface area contributed by atoms with Crippen LogP contribution in [0.4, 0.5) is 0 Å². The van der Waals surface area contributed by atoms with E-state index in [1.165, 1.54) is 0 Å². The van der Waals surface area contributed by atoms with Crippen LogP contribution >= 0.6 is 27.7 Å². The molecule has 0 aliphatic carbocycles. The van der Waals surface area contributed by atoms with E-state index >= 15 is 0 Å². The normalized spacial score (nSPS) is 28.0. The number of thioether (sulfide) groups is 1. The Balaban J connectivity index is 1.62. The second-order valence-corrected chi connectivity index (χ2v) is 14.0. The van der Waals surface area contributed by atoms with Gasteiger partial charge in [-0.2, -0.15) is 0 Å². The van der Waals surface area contributed by atoms with Crippen LogP contribution in [0.25, 0.3) is 0 Å². The number of hydrogen-bond acceptors (Lipinski definition) is 6. The summed E-state index contributed by atoms with van der Waals surface area (Å²) in [5.74, 6) is -1.69. The van der Waals surface area contributed by atoms with Gasteiger partial charge in [0.15, 0.2) is 0 Å². The highest BCUT2D eigenvalue weighted by molar-refractivity contribution is 9.09. The zero-order chi connectivity index (χ0) is 29.4. The Morgan fingerprint density at radius 1 is 1.12 bits per heavy atom. The summed E-state index contributed by atoms with van der Waals surface area (Å²) in [7, 11) is 0.